The second-order valence-corrected chi connectivity index (χ2v) is 8.98. The molecule has 3 rings (SSSR count). The van der Waals surface area contributed by atoms with Crippen molar-refractivity contribution in [3.63, 3.8) is 0 Å². The van der Waals surface area contributed by atoms with Crippen molar-refractivity contribution < 1.29 is 19.1 Å². The number of hydrogen-bond donors (Lipinski definition) is 4. The fraction of sp³-hybridized carbons (Fsp3) is 0.407. The first-order valence-electron chi connectivity index (χ1n) is 12.0. The summed E-state index contributed by atoms with van der Waals surface area (Å²) in [6, 6.07) is 15.5. The van der Waals surface area contributed by atoms with Crippen molar-refractivity contribution in [1.29, 1.82) is 5.41 Å². The summed E-state index contributed by atoms with van der Waals surface area (Å²) in [6.07, 6.45) is 4.91. The molecule has 0 unspecified atom stereocenters. The van der Waals surface area contributed by atoms with E-state index in [-0.39, 0.29) is 24.7 Å². The van der Waals surface area contributed by atoms with Gasteiger partial charge in [0.1, 0.15) is 17.8 Å². The van der Waals surface area contributed by atoms with Crippen molar-refractivity contribution in [1.82, 2.24) is 10.6 Å². The summed E-state index contributed by atoms with van der Waals surface area (Å²) in [6.45, 7) is 0.287. The Bertz CT molecular complexity index is 1020. The second-order valence-electron chi connectivity index (χ2n) is 8.98. The first kappa shape index (κ1) is 25.9. The lowest BCUT2D eigenvalue weighted by Crippen LogP contribution is -2.51. The van der Waals surface area contributed by atoms with E-state index in [1.165, 1.54) is 7.11 Å². The predicted octanol–water partition coefficient (Wildman–Crippen LogP) is 2.68. The molecule has 2 atom stereocenters. The maximum atomic E-state index is 13.4. The van der Waals surface area contributed by atoms with E-state index >= 15 is 0 Å². The predicted molar refractivity (Wildman–Crippen MR) is 133 cm³/mol. The van der Waals surface area contributed by atoms with E-state index in [1.54, 1.807) is 24.3 Å². The Hall–Kier alpha value is -3.68. The van der Waals surface area contributed by atoms with E-state index in [4.69, 9.17) is 15.9 Å². The lowest BCUT2D eigenvalue weighted by atomic mass is 9.83. The minimum absolute atomic E-state index is 0.0111. The van der Waals surface area contributed by atoms with Gasteiger partial charge in [-0.25, -0.2) is 4.79 Å². The molecule has 186 valence electrons. The van der Waals surface area contributed by atoms with Crippen molar-refractivity contribution in [3.8, 4) is 0 Å². The Morgan fingerprint density at radius 2 is 1.63 bits per heavy atom. The molecule has 0 bridgehead atoms. The van der Waals surface area contributed by atoms with Crippen LogP contribution in [0.5, 0.6) is 0 Å². The zero-order chi connectivity index (χ0) is 25.2. The van der Waals surface area contributed by atoms with Gasteiger partial charge in [0, 0.05) is 12.1 Å². The molecule has 1 aliphatic carbocycles. The van der Waals surface area contributed by atoms with Gasteiger partial charge in [-0.05, 0) is 36.3 Å². The van der Waals surface area contributed by atoms with Crippen molar-refractivity contribution in [2.45, 2.75) is 51.1 Å². The number of amides is 2. The molecule has 2 aromatic carbocycles. The highest BCUT2D eigenvalue weighted by molar-refractivity contribution is 6.02. The van der Waals surface area contributed by atoms with Crippen molar-refractivity contribution in [2.75, 3.05) is 7.11 Å². The lowest BCUT2D eigenvalue weighted by molar-refractivity contribution is -0.148. The number of carbonyl (C=O) groups excluding carboxylic acids is 3. The Morgan fingerprint density at radius 1 is 0.971 bits per heavy atom. The molecule has 8 nitrogen and oxygen atoms in total. The normalized spacial score (nSPS) is 15.5. The van der Waals surface area contributed by atoms with Crippen LogP contribution in [0.3, 0.4) is 0 Å². The van der Waals surface area contributed by atoms with E-state index in [1.807, 2.05) is 30.3 Å². The maximum absolute atomic E-state index is 13.4. The largest absolute Gasteiger partial charge is 0.467 e. The Morgan fingerprint density at radius 3 is 2.23 bits per heavy atom. The number of carbonyl (C=O) groups is 3. The average Bonchev–Trinajstić information content (AvgIpc) is 2.89. The number of benzene rings is 2. The zero-order valence-corrected chi connectivity index (χ0v) is 20.1. The number of methoxy groups -OCH3 is 1. The van der Waals surface area contributed by atoms with Crippen LogP contribution in [-0.2, 0) is 32.1 Å². The third-order valence-electron chi connectivity index (χ3n) is 6.52. The highest BCUT2D eigenvalue weighted by atomic mass is 16.5. The SMILES string of the molecule is COC(=O)[C@@H](NC(=O)[C@H](Cc1ccc(C(=N)N)cc1)C(=O)NCc1ccccc1)C1CCCCC1. The van der Waals surface area contributed by atoms with Crippen LogP contribution in [0, 0.1) is 17.2 Å². The molecule has 2 aromatic rings. The first-order chi connectivity index (χ1) is 16.9. The van der Waals surface area contributed by atoms with Crippen LogP contribution in [0.1, 0.15) is 48.8 Å². The Kier molecular flexibility index (Phi) is 9.40. The summed E-state index contributed by atoms with van der Waals surface area (Å²) in [4.78, 5) is 39.1. The standard InChI is InChI=1S/C27H34N4O4/c1-35-27(34)23(20-10-6-3-7-11-20)31-26(33)22(16-18-12-14-21(15-13-18)24(28)29)25(32)30-17-19-8-4-2-5-9-19/h2,4-5,8-9,12-15,20,22-23H,3,6-7,10-11,16-17H2,1H3,(H3,28,29)(H,30,32)(H,31,33)/t22-,23+/m1/s1. The monoisotopic (exact) mass is 478 g/mol. The minimum atomic E-state index is -1.04. The maximum Gasteiger partial charge on any atom is 0.328 e. The molecule has 0 saturated heterocycles. The van der Waals surface area contributed by atoms with E-state index < -0.39 is 29.7 Å². The van der Waals surface area contributed by atoms with Gasteiger partial charge in [0.15, 0.2) is 0 Å². The summed E-state index contributed by atoms with van der Waals surface area (Å²) in [5, 5.41) is 13.3. The molecule has 0 spiro atoms. The Balaban J connectivity index is 1.78. The molecule has 0 radical (unpaired) electrons. The number of nitrogens with one attached hydrogen (secondary N) is 3. The Labute approximate surface area is 206 Å². The summed E-state index contributed by atoms with van der Waals surface area (Å²) in [5.41, 5.74) is 7.76. The van der Waals surface area contributed by atoms with Gasteiger partial charge in [-0.2, -0.15) is 0 Å². The smallest absolute Gasteiger partial charge is 0.328 e. The van der Waals surface area contributed by atoms with Crippen molar-refractivity contribution >= 4 is 23.6 Å². The van der Waals surface area contributed by atoms with Gasteiger partial charge in [-0.1, -0.05) is 73.9 Å². The third kappa shape index (κ3) is 7.40. The number of nitrogens with two attached hydrogens (primary N) is 1. The topological polar surface area (TPSA) is 134 Å². The molecule has 0 aromatic heterocycles. The summed E-state index contributed by atoms with van der Waals surface area (Å²) in [7, 11) is 1.31. The number of hydrogen-bond acceptors (Lipinski definition) is 5. The molecule has 1 saturated carbocycles. The van der Waals surface area contributed by atoms with Crippen LogP contribution >= 0.6 is 0 Å². The van der Waals surface area contributed by atoms with Crippen LogP contribution < -0.4 is 16.4 Å². The molecule has 0 aliphatic heterocycles. The van der Waals surface area contributed by atoms with Crippen LogP contribution in [0.4, 0.5) is 0 Å². The van der Waals surface area contributed by atoms with E-state index in [2.05, 4.69) is 10.6 Å². The molecule has 8 heteroatoms. The molecular formula is C27H34N4O4. The number of amidine groups is 1. The highest BCUT2D eigenvalue weighted by Crippen LogP contribution is 2.27. The minimum Gasteiger partial charge on any atom is -0.467 e. The zero-order valence-electron chi connectivity index (χ0n) is 20.1. The summed E-state index contributed by atoms with van der Waals surface area (Å²) in [5.74, 6) is -2.53. The van der Waals surface area contributed by atoms with Gasteiger partial charge in [-0.3, -0.25) is 15.0 Å². The van der Waals surface area contributed by atoms with E-state index in [0.717, 1.165) is 43.2 Å². The van der Waals surface area contributed by atoms with Gasteiger partial charge in [0.2, 0.25) is 11.8 Å². The van der Waals surface area contributed by atoms with Crippen LogP contribution in [0.25, 0.3) is 0 Å². The average molecular weight is 479 g/mol. The lowest BCUT2D eigenvalue weighted by Gasteiger charge is -2.30. The van der Waals surface area contributed by atoms with Gasteiger partial charge < -0.3 is 21.1 Å². The fourth-order valence-corrected chi connectivity index (χ4v) is 4.49. The number of nitrogen functional groups attached to an aromatic ring is 1. The quantitative estimate of drug-likeness (QED) is 0.180. The van der Waals surface area contributed by atoms with Gasteiger partial charge in [0.25, 0.3) is 0 Å². The van der Waals surface area contributed by atoms with Crippen LogP contribution in [0.15, 0.2) is 54.6 Å². The highest BCUT2D eigenvalue weighted by Gasteiger charge is 2.35. The molecular weight excluding hydrogens is 444 g/mol. The molecule has 2 amide bonds. The molecule has 1 fully saturated rings. The van der Waals surface area contributed by atoms with Crippen molar-refractivity contribution in [3.05, 3.63) is 71.3 Å². The number of esters is 1. The van der Waals surface area contributed by atoms with E-state index in [9.17, 15) is 14.4 Å². The first-order valence-corrected chi connectivity index (χ1v) is 12.0. The molecule has 35 heavy (non-hydrogen) atoms. The molecule has 0 heterocycles. The van der Waals surface area contributed by atoms with Crippen molar-refractivity contribution in [2.24, 2.45) is 17.6 Å². The molecule has 1 aliphatic rings. The summed E-state index contributed by atoms with van der Waals surface area (Å²) >= 11 is 0. The third-order valence-corrected chi connectivity index (χ3v) is 6.52. The van der Waals surface area contributed by atoms with Crippen LogP contribution in [-0.4, -0.2) is 36.8 Å². The van der Waals surface area contributed by atoms with Gasteiger partial charge in [0.05, 0.1) is 7.11 Å². The fourth-order valence-electron chi connectivity index (χ4n) is 4.49. The number of ether oxygens (including phenoxy) is 1. The van der Waals surface area contributed by atoms with Gasteiger partial charge in [-0.15, -0.1) is 0 Å². The van der Waals surface area contributed by atoms with Gasteiger partial charge >= 0.3 is 5.97 Å². The van der Waals surface area contributed by atoms with E-state index in [0.29, 0.717) is 5.56 Å². The number of rotatable bonds is 10. The summed E-state index contributed by atoms with van der Waals surface area (Å²) < 4.78 is 4.98. The molecule has 5 N–H and O–H groups in total. The second kappa shape index (κ2) is 12.7. The van der Waals surface area contributed by atoms with Crippen LogP contribution in [0.2, 0.25) is 0 Å².